The molecule has 0 heterocycles. The molecule has 1 aromatic rings. The number of ether oxygens (including phenoxy) is 5. The molecule has 1 rings (SSSR count). The van der Waals surface area contributed by atoms with E-state index in [-0.39, 0.29) is 17.9 Å². The van der Waals surface area contributed by atoms with Crippen molar-refractivity contribution < 1.29 is 48.0 Å². The summed E-state index contributed by atoms with van der Waals surface area (Å²) in [5.74, 6) is -3.43. The monoisotopic (exact) mass is 539 g/mol. The predicted molar refractivity (Wildman–Crippen MR) is 138 cm³/mol. The Morgan fingerprint density at radius 3 is 1.84 bits per heavy atom. The molecular formula is C27H41NO10. The van der Waals surface area contributed by atoms with E-state index >= 15 is 0 Å². The molecule has 6 atom stereocenters. The molecule has 0 bridgehead atoms. The second-order valence-corrected chi connectivity index (χ2v) is 9.28. The molecule has 0 aliphatic heterocycles. The molecule has 0 fully saturated rings. The van der Waals surface area contributed by atoms with Crippen LogP contribution in [0.2, 0.25) is 0 Å². The van der Waals surface area contributed by atoms with Gasteiger partial charge in [0.25, 0.3) is 0 Å². The largest absolute Gasteiger partial charge is 0.514 e. The molecule has 0 aliphatic rings. The molecule has 11 heteroatoms. The van der Waals surface area contributed by atoms with Crippen molar-refractivity contribution in [1.29, 1.82) is 0 Å². The third kappa shape index (κ3) is 10.2. The normalized spacial score (nSPS) is 15.7. The Bertz CT molecular complexity index is 950. The smallest absolute Gasteiger partial charge is 0.480 e. The van der Waals surface area contributed by atoms with Crippen LogP contribution in [0, 0.1) is 5.92 Å². The summed E-state index contributed by atoms with van der Waals surface area (Å²) in [6, 6.07) is 2.82. The van der Waals surface area contributed by atoms with Crippen LogP contribution >= 0.6 is 0 Å². The van der Waals surface area contributed by atoms with Crippen molar-refractivity contribution >= 4 is 24.2 Å². The summed E-state index contributed by atoms with van der Waals surface area (Å²) in [5.41, 5.74) is 6.43. The van der Waals surface area contributed by atoms with Gasteiger partial charge in [0.05, 0.1) is 0 Å². The number of hydrogen-bond donors (Lipinski definition) is 2. The lowest BCUT2D eigenvalue weighted by atomic mass is 9.79. The van der Waals surface area contributed by atoms with E-state index in [2.05, 4.69) is 0 Å². The summed E-state index contributed by atoms with van der Waals surface area (Å²) < 4.78 is 26.4. The van der Waals surface area contributed by atoms with Crippen LogP contribution < -0.4 is 15.2 Å². The number of nitrogens with two attached hydrogens (primary N) is 1. The van der Waals surface area contributed by atoms with Crippen molar-refractivity contribution in [3.8, 4) is 11.5 Å². The highest BCUT2D eigenvalue weighted by atomic mass is 16.7. The van der Waals surface area contributed by atoms with Gasteiger partial charge in [0.1, 0.15) is 24.4 Å². The predicted octanol–water partition coefficient (Wildman–Crippen LogP) is 5.18. The lowest BCUT2D eigenvalue weighted by Gasteiger charge is -2.31. The van der Waals surface area contributed by atoms with E-state index in [0.717, 1.165) is 0 Å². The SMILES string of the molecule is CCCC(=O)OC(C)C(C)C(c1ccc(OC(=O)OC(C)CC)c(OC(=O)OC(C)CC)c1)[C@H](N)C(=O)O. The highest BCUT2D eigenvalue weighted by molar-refractivity contribution is 5.75. The lowest BCUT2D eigenvalue weighted by molar-refractivity contribution is -0.151. The first-order valence-corrected chi connectivity index (χ1v) is 12.9. The van der Waals surface area contributed by atoms with Crippen LogP contribution in [0.1, 0.15) is 85.6 Å². The highest BCUT2D eigenvalue weighted by Gasteiger charge is 2.36. The Morgan fingerprint density at radius 1 is 0.842 bits per heavy atom. The number of rotatable bonds is 14. The van der Waals surface area contributed by atoms with Gasteiger partial charge in [-0.25, -0.2) is 9.59 Å². The van der Waals surface area contributed by atoms with Gasteiger partial charge >= 0.3 is 24.2 Å². The van der Waals surface area contributed by atoms with Crippen molar-refractivity contribution in [3.63, 3.8) is 0 Å². The summed E-state index contributed by atoms with van der Waals surface area (Å²) in [6.07, 6.45) is -1.62. The molecule has 0 saturated heterocycles. The molecule has 11 nitrogen and oxygen atoms in total. The number of carbonyl (C=O) groups is 4. The van der Waals surface area contributed by atoms with Crippen molar-refractivity contribution in [2.45, 2.75) is 104 Å². The maximum Gasteiger partial charge on any atom is 0.514 e. The van der Waals surface area contributed by atoms with Gasteiger partial charge in [-0.2, -0.15) is 0 Å². The van der Waals surface area contributed by atoms with Crippen LogP contribution in [0.3, 0.4) is 0 Å². The van der Waals surface area contributed by atoms with Crippen LogP contribution in [0.25, 0.3) is 0 Å². The average molecular weight is 540 g/mol. The van der Waals surface area contributed by atoms with Crippen molar-refractivity contribution in [3.05, 3.63) is 23.8 Å². The first-order chi connectivity index (χ1) is 17.8. The van der Waals surface area contributed by atoms with Crippen molar-refractivity contribution in [2.24, 2.45) is 11.7 Å². The molecule has 0 saturated carbocycles. The molecule has 5 unspecified atom stereocenters. The van der Waals surface area contributed by atoms with Crippen LogP contribution in [0.5, 0.6) is 11.5 Å². The van der Waals surface area contributed by atoms with Gasteiger partial charge in [-0.3, -0.25) is 9.59 Å². The summed E-state index contributed by atoms with van der Waals surface area (Å²) >= 11 is 0. The van der Waals surface area contributed by atoms with Gasteiger partial charge in [0.2, 0.25) is 0 Å². The number of carboxylic acids is 1. The summed E-state index contributed by atoms with van der Waals surface area (Å²) in [6.45, 7) is 12.2. The number of esters is 1. The summed E-state index contributed by atoms with van der Waals surface area (Å²) in [5, 5.41) is 9.71. The van der Waals surface area contributed by atoms with E-state index in [1.54, 1.807) is 27.7 Å². The van der Waals surface area contributed by atoms with E-state index in [0.29, 0.717) is 24.8 Å². The van der Waals surface area contributed by atoms with Gasteiger partial charge in [-0.05, 0) is 57.7 Å². The number of aliphatic carboxylic acids is 1. The molecule has 0 amide bonds. The van der Waals surface area contributed by atoms with Crippen molar-refractivity contribution in [1.82, 2.24) is 0 Å². The lowest BCUT2D eigenvalue weighted by Crippen LogP contribution is -2.42. The molecule has 38 heavy (non-hydrogen) atoms. The zero-order valence-corrected chi connectivity index (χ0v) is 23.2. The van der Waals surface area contributed by atoms with Crippen LogP contribution in [-0.4, -0.2) is 53.7 Å². The van der Waals surface area contributed by atoms with E-state index in [1.165, 1.54) is 18.2 Å². The minimum atomic E-state index is -1.39. The van der Waals surface area contributed by atoms with E-state index in [1.807, 2.05) is 20.8 Å². The van der Waals surface area contributed by atoms with Crippen LogP contribution in [0.15, 0.2) is 18.2 Å². The third-order valence-electron chi connectivity index (χ3n) is 6.23. The maximum absolute atomic E-state index is 12.4. The fraction of sp³-hybridized carbons (Fsp3) is 0.630. The average Bonchev–Trinajstić information content (AvgIpc) is 2.85. The molecule has 0 aromatic heterocycles. The first kappa shape index (κ1) is 32.7. The second-order valence-electron chi connectivity index (χ2n) is 9.28. The topological polar surface area (TPSA) is 161 Å². The number of benzene rings is 1. The van der Waals surface area contributed by atoms with E-state index in [4.69, 9.17) is 29.4 Å². The van der Waals surface area contributed by atoms with E-state index < -0.39 is 60.4 Å². The molecule has 0 radical (unpaired) electrons. The third-order valence-corrected chi connectivity index (χ3v) is 6.23. The van der Waals surface area contributed by atoms with Crippen molar-refractivity contribution in [2.75, 3.05) is 0 Å². The van der Waals surface area contributed by atoms with Crippen LogP contribution in [-0.2, 0) is 23.8 Å². The summed E-state index contributed by atoms with van der Waals surface area (Å²) in [7, 11) is 0. The minimum absolute atomic E-state index is 0.138. The Hall–Kier alpha value is -3.34. The van der Waals surface area contributed by atoms with Gasteiger partial charge in [-0.1, -0.05) is 33.8 Å². The standard InChI is InChI=1S/C27H41NO10/c1-8-11-22(29)36-18(7)17(6)23(24(28)25(30)31)19-12-13-20(37-26(32)34-15(4)9-2)21(14-19)38-27(33)35-16(5)10-3/h12-18,23-24H,8-11,28H2,1-7H3,(H,30,31)/t15?,16?,17?,18?,23?,24-/m0/s1. The number of hydrogen-bond acceptors (Lipinski definition) is 10. The Labute approximate surface area is 223 Å². The molecule has 1 aromatic carbocycles. The van der Waals surface area contributed by atoms with Gasteiger partial charge < -0.3 is 34.5 Å². The molecule has 3 N–H and O–H groups in total. The second kappa shape index (κ2) is 15.8. The minimum Gasteiger partial charge on any atom is -0.480 e. The number of carboxylic acid groups (broad SMARTS) is 1. The number of carbonyl (C=O) groups excluding carboxylic acids is 3. The zero-order valence-electron chi connectivity index (χ0n) is 23.2. The zero-order chi connectivity index (χ0) is 29.0. The molecular weight excluding hydrogens is 498 g/mol. The first-order valence-electron chi connectivity index (χ1n) is 12.9. The highest BCUT2D eigenvalue weighted by Crippen LogP contribution is 2.37. The Balaban J connectivity index is 3.45. The Kier molecular flexibility index (Phi) is 13.6. The molecule has 0 aliphatic carbocycles. The fourth-order valence-corrected chi connectivity index (χ4v) is 3.48. The Morgan fingerprint density at radius 2 is 1.37 bits per heavy atom. The molecule has 214 valence electrons. The maximum atomic E-state index is 12.4. The quantitative estimate of drug-likeness (QED) is 0.182. The van der Waals surface area contributed by atoms with Gasteiger partial charge in [0, 0.05) is 18.3 Å². The summed E-state index contributed by atoms with van der Waals surface area (Å²) in [4.78, 5) is 48.6. The molecule has 0 spiro atoms. The van der Waals surface area contributed by atoms with E-state index in [9.17, 15) is 24.3 Å². The van der Waals surface area contributed by atoms with Gasteiger partial charge in [-0.15, -0.1) is 0 Å². The van der Waals surface area contributed by atoms with Gasteiger partial charge in [0.15, 0.2) is 11.5 Å². The van der Waals surface area contributed by atoms with Crippen LogP contribution in [0.4, 0.5) is 9.59 Å². The fourth-order valence-electron chi connectivity index (χ4n) is 3.48.